The van der Waals surface area contributed by atoms with Gasteiger partial charge < -0.3 is 20.1 Å². The Morgan fingerprint density at radius 1 is 1.26 bits per heavy atom. The number of hydrogen-bond acceptors (Lipinski definition) is 5. The summed E-state index contributed by atoms with van der Waals surface area (Å²) in [6.07, 6.45) is 3.47. The number of urea groups is 1. The van der Waals surface area contributed by atoms with Crippen LogP contribution in [0.15, 0.2) is 18.2 Å². The van der Waals surface area contributed by atoms with Gasteiger partial charge in [0.25, 0.3) is 5.91 Å². The number of benzene rings is 1. The lowest BCUT2D eigenvalue weighted by Crippen LogP contribution is -2.54. The second-order valence-electron chi connectivity index (χ2n) is 8.81. The molecule has 2 N–H and O–H groups in total. The van der Waals surface area contributed by atoms with E-state index in [2.05, 4.69) is 10.6 Å². The van der Waals surface area contributed by atoms with Gasteiger partial charge in [-0.3, -0.25) is 14.5 Å². The largest absolute Gasteiger partial charge is 0.493 e. The number of imide groups is 1. The van der Waals surface area contributed by atoms with E-state index in [1.54, 1.807) is 7.11 Å². The standard InChI is InChI=1S/C23H33N3O5/c1-14(2)31-18-10-9-17(12-19(18)30-5)16(4)24-20(27)13-26-21(28)23(25-22(26)29)11-7-6-8-15(23)3/h9-10,12,14-16H,6-8,11,13H2,1-5H3,(H,24,27)(H,25,29). The number of methoxy groups -OCH3 is 1. The van der Waals surface area contributed by atoms with E-state index in [0.29, 0.717) is 17.9 Å². The fraction of sp³-hybridized carbons (Fsp3) is 0.609. The predicted octanol–water partition coefficient (Wildman–Crippen LogP) is 3.16. The molecule has 3 unspecified atom stereocenters. The second-order valence-corrected chi connectivity index (χ2v) is 8.81. The lowest BCUT2D eigenvalue weighted by molar-refractivity contribution is -0.137. The summed E-state index contributed by atoms with van der Waals surface area (Å²) in [5.41, 5.74) is -0.0308. The van der Waals surface area contributed by atoms with Gasteiger partial charge in [0, 0.05) is 0 Å². The summed E-state index contributed by atoms with van der Waals surface area (Å²) in [7, 11) is 1.56. The zero-order valence-corrected chi connectivity index (χ0v) is 19.0. The molecule has 1 aliphatic carbocycles. The van der Waals surface area contributed by atoms with Crippen molar-refractivity contribution in [1.82, 2.24) is 15.5 Å². The Morgan fingerprint density at radius 3 is 2.65 bits per heavy atom. The molecule has 2 aliphatic rings. The first-order chi connectivity index (χ1) is 14.7. The van der Waals surface area contributed by atoms with Gasteiger partial charge in [0.05, 0.1) is 19.3 Å². The zero-order chi connectivity index (χ0) is 22.8. The van der Waals surface area contributed by atoms with Crippen molar-refractivity contribution in [3.05, 3.63) is 23.8 Å². The molecule has 1 heterocycles. The van der Waals surface area contributed by atoms with Gasteiger partial charge in [-0.2, -0.15) is 0 Å². The van der Waals surface area contributed by atoms with E-state index in [0.717, 1.165) is 29.7 Å². The van der Waals surface area contributed by atoms with Gasteiger partial charge in [-0.15, -0.1) is 0 Å². The number of hydrogen-bond donors (Lipinski definition) is 2. The van der Waals surface area contributed by atoms with E-state index in [9.17, 15) is 14.4 Å². The summed E-state index contributed by atoms with van der Waals surface area (Å²) < 4.78 is 11.1. The van der Waals surface area contributed by atoms with Crippen LogP contribution in [0.2, 0.25) is 0 Å². The third-order valence-corrected chi connectivity index (χ3v) is 6.23. The van der Waals surface area contributed by atoms with Crippen molar-refractivity contribution in [2.45, 2.75) is 71.1 Å². The average molecular weight is 432 g/mol. The quantitative estimate of drug-likeness (QED) is 0.647. The van der Waals surface area contributed by atoms with E-state index in [1.165, 1.54) is 0 Å². The van der Waals surface area contributed by atoms with Crippen LogP contribution in [0, 0.1) is 5.92 Å². The van der Waals surface area contributed by atoms with Gasteiger partial charge >= 0.3 is 6.03 Å². The van der Waals surface area contributed by atoms with Crippen molar-refractivity contribution in [3.63, 3.8) is 0 Å². The van der Waals surface area contributed by atoms with Crippen LogP contribution in [0.25, 0.3) is 0 Å². The molecule has 3 atom stereocenters. The first-order valence-electron chi connectivity index (χ1n) is 11.0. The van der Waals surface area contributed by atoms with Crippen LogP contribution in [-0.2, 0) is 9.59 Å². The van der Waals surface area contributed by atoms with Crippen LogP contribution in [0.1, 0.15) is 65.0 Å². The highest BCUT2D eigenvalue weighted by molar-refractivity contribution is 6.09. The third kappa shape index (κ3) is 4.62. The zero-order valence-electron chi connectivity index (χ0n) is 19.0. The SMILES string of the molecule is COc1cc(C(C)NC(=O)CN2C(=O)NC3(CCCCC3C)C2=O)ccc1OC(C)C. The number of carbonyl (C=O) groups is 3. The number of ether oxygens (including phenoxy) is 2. The van der Waals surface area contributed by atoms with Crippen LogP contribution < -0.4 is 20.1 Å². The summed E-state index contributed by atoms with van der Waals surface area (Å²) in [4.78, 5) is 39.2. The molecule has 31 heavy (non-hydrogen) atoms. The summed E-state index contributed by atoms with van der Waals surface area (Å²) in [6, 6.07) is 4.66. The van der Waals surface area contributed by atoms with Crippen molar-refractivity contribution in [2.75, 3.05) is 13.7 Å². The maximum atomic E-state index is 13.0. The van der Waals surface area contributed by atoms with E-state index in [-0.39, 0.29) is 30.5 Å². The highest BCUT2D eigenvalue weighted by atomic mass is 16.5. The second kappa shape index (κ2) is 9.16. The summed E-state index contributed by atoms with van der Waals surface area (Å²) >= 11 is 0. The Bertz CT molecular complexity index is 856. The summed E-state index contributed by atoms with van der Waals surface area (Å²) in [6.45, 7) is 7.40. The molecule has 3 rings (SSSR count). The highest BCUT2D eigenvalue weighted by Crippen LogP contribution is 2.38. The van der Waals surface area contributed by atoms with Gasteiger partial charge in [-0.05, 0) is 57.2 Å². The molecule has 1 saturated heterocycles. The number of nitrogens with zero attached hydrogens (tertiary/aromatic N) is 1. The Kier molecular flexibility index (Phi) is 6.77. The minimum atomic E-state index is -0.860. The molecule has 8 heteroatoms. The van der Waals surface area contributed by atoms with Crippen LogP contribution in [0.4, 0.5) is 4.79 Å². The molecule has 0 bridgehead atoms. The molecule has 1 spiro atoms. The van der Waals surface area contributed by atoms with E-state index < -0.39 is 17.5 Å². The van der Waals surface area contributed by atoms with Crippen molar-refractivity contribution in [2.24, 2.45) is 5.92 Å². The Labute approximate surface area is 183 Å². The Morgan fingerprint density at radius 2 is 2.00 bits per heavy atom. The Balaban J connectivity index is 1.65. The third-order valence-electron chi connectivity index (χ3n) is 6.23. The minimum absolute atomic E-state index is 0.0104. The van der Waals surface area contributed by atoms with E-state index in [1.807, 2.05) is 45.9 Å². The Hall–Kier alpha value is -2.77. The van der Waals surface area contributed by atoms with Crippen molar-refractivity contribution < 1.29 is 23.9 Å². The van der Waals surface area contributed by atoms with Crippen molar-refractivity contribution in [1.29, 1.82) is 0 Å². The first kappa shape index (κ1) is 22.9. The molecule has 1 aromatic rings. The molecule has 1 saturated carbocycles. The fourth-order valence-corrected chi connectivity index (χ4v) is 4.46. The monoisotopic (exact) mass is 431 g/mol. The van der Waals surface area contributed by atoms with Crippen LogP contribution in [0.3, 0.4) is 0 Å². The molecular formula is C23H33N3O5. The molecular weight excluding hydrogens is 398 g/mol. The minimum Gasteiger partial charge on any atom is -0.493 e. The molecule has 4 amide bonds. The number of carbonyl (C=O) groups excluding carboxylic acids is 3. The molecule has 1 aliphatic heterocycles. The maximum Gasteiger partial charge on any atom is 0.325 e. The van der Waals surface area contributed by atoms with Gasteiger partial charge in [-0.1, -0.05) is 25.8 Å². The normalized spacial score (nSPS) is 24.3. The van der Waals surface area contributed by atoms with Gasteiger partial charge in [0.2, 0.25) is 5.91 Å². The topological polar surface area (TPSA) is 97.0 Å². The smallest absolute Gasteiger partial charge is 0.325 e. The lowest BCUT2D eigenvalue weighted by Gasteiger charge is -2.36. The van der Waals surface area contributed by atoms with E-state index in [4.69, 9.17) is 9.47 Å². The van der Waals surface area contributed by atoms with Crippen LogP contribution in [0.5, 0.6) is 11.5 Å². The molecule has 1 aromatic carbocycles. The molecule has 170 valence electrons. The molecule has 2 fully saturated rings. The average Bonchev–Trinajstić information content (AvgIpc) is 2.95. The summed E-state index contributed by atoms with van der Waals surface area (Å²) in [5, 5.41) is 5.74. The number of rotatable bonds is 7. The maximum absolute atomic E-state index is 13.0. The van der Waals surface area contributed by atoms with Gasteiger partial charge in [0.15, 0.2) is 11.5 Å². The van der Waals surface area contributed by atoms with Gasteiger partial charge in [0.1, 0.15) is 12.1 Å². The predicted molar refractivity (Wildman–Crippen MR) is 116 cm³/mol. The van der Waals surface area contributed by atoms with E-state index >= 15 is 0 Å². The fourth-order valence-electron chi connectivity index (χ4n) is 4.46. The number of amides is 4. The van der Waals surface area contributed by atoms with Crippen molar-refractivity contribution >= 4 is 17.8 Å². The van der Waals surface area contributed by atoms with Crippen molar-refractivity contribution in [3.8, 4) is 11.5 Å². The summed E-state index contributed by atoms with van der Waals surface area (Å²) in [5.74, 6) is 0.590. The molecule has 0 aromatic heterocycles. The first-order valence-corrected chi connectivity index (χ1v) is 11.0. The highest BCUT2D eigenvalue weighted by Gasteiger charge is 2.55. The van der Waals surface area contributed by atoms with Gasteiger partial charge in [-0.25, -0.2) is 4.79 Å². The molecule has 0 radical (unpaired) electrons. The van der Waals surface area contributed by atoms with Crippen LogP contribution in [-0.4, -0.2) is 48.0 Å². The number of nitrogens with one attached hydrogen (secondary N) is 2. The lowest BCUT2D eigenvalue weighted by atomic mass is 9.73. The molecule has 8 nitrogen and oxygen atoms in total. The van der Waals surface area contributed by atoms with Crippen LogP contribution >= 0.6 is 0 Å².